The molecule has 0 aromatic rings. The van der Waals surface area contributed by atoms with Crippen molar-refractivity contribution in [1.82, 2.24) is 4.90 Å². The van der Waals surface area contributed by atoms with Crippen molar-refractivity contribution in [3.05, 3.63) is 0 Å². The number of nitrogens with zero attached hydrogens (tertiary/aromatic N) is 1. The molecular weight excluding hydrogens is 344 g/mol. The molecule has 0 aromatic carbocycles. The van der Waals surface area contributed by atoms with Gasteiger partial charge in [-0.05, 0) is 31.1 Å². The highest BCUT2D eigenvalue weighted by Gasteiger charge is 2.48. The lowest BCUT2D eigenvalue weighted by Crippen LogP contribution is -2.50. The predicted octanol–water partition coefficient (Wildman–Crippen LogP) is 4.13. The van der Waals surface area contributed by atoms with Crippen LogP contribution in [0.2, 0.25) is 0 Å². The van der Waals surface area contributed by atoms with Crippen LogP contribution in [0.5, 0.6) is 0 Å². The number of esters is 1. The zero-order chi connectivity index (χ0) is 18.7. The number of rotatable bonds is 6. The molecule has 1 heterocycles. The second-order valence-electron chi connectivity index (χ2n) is 7.51. The van der Waals surface area contributed by atoms with E-state index in [4.69, 9.17) is 16.3 Å². The van der Waals surface area contributed by atoms with Crippen molar-refractivity contribution < 1.29 is 28.2 Å². The fourth-order valence-corrected chi connectivity index (χ4v) is 3.58. The molecule has 0 spiro atoms. The van der Waals surface area contributed by atoms with Gasteiger partial charge in [-0.15, -0.1) is 11.6 Å². The van der Waals surface area contributed by atoms with Gasteiger partial charge < -0.3 is 9.84 Å². The van der Waals surface area contributed by atoms with Crippen LogP contribution in [-0.2, 0) is 9.53 Å². The Morgan fingerprint density at radius 3 is 2.29 bits per heavy atom. The number of halogens is 3. The van der Waals surface area contributed by atoms with E-state index in [1.165, 1.54) is 0 Å². The fourth-order valence-electron chi connectivity index (χ4n) is 3.24. The van der Waals surface area contributed by atoms with Gasteiger partial charge in [0.05, 0.1) is 11.9 Å². The summed E-state index contributed by atoms with van der Waals surface area (Å²) in [6.07, 6.45) is -3.47. The van der Waals surface area contributed by atoms with Crippen molar-refractivity contribution >= 4 is 23.7 Å². The minimum Gasteiger partial charge on any atom is -0.465 e. The van der Waals surface area contributed by atoms with E-state index in [2.05, 4.69) is 0 Å². The Bertz CT molecular complexity index is 463. The van der Waals surface area contributed by atoms with Crippen LogP contribution < -0.4 is 0 Å². The summed E-state index contributed by atoms with van der Waals surface area (Å²) in [5.41, 5.74) is -1.11. The summed E-state index contributed by atoms with van der Waals surface area (Å²) in [7, 11) is 0. The molecule has 1 saturated heterocycles. The highest BCUT2D eigenvalue weighted by atomic mass is 35.5. The Hall–Kier alpha value is -1.11. The Labute approximate surface area is 146 Å². The van der Waals surface area contributed by atoms with Crippen molar-refractivity contribution in [1.29, 1.82) is 0 Å². The second kappa shape index (κ2) is 7.85. The van der Waals surface area contributed by atoms with Crippen molar-refractivity contribution in [3.8, 4) is 0 Å². The summed E-state index contributed by atoms with van der Waals surface area (Å²) >= 11 is 6.03. The van der Waals surface area contributed by atoms with Gasteiger partial charge >= 0.3 is 12.1 Å². The van der Waals surface area contributed by atoms with Crippen LogP contribution in [0.4, 0.5) is 13.6 Å². The van der Waals surface area contributed by atoms with Gasteiger partial charge in [0, 0.05) is 0 Å². The summed E-state index contributed by atoms with van der Waals surface area (Å²) in [5.74, 6) is -0.739. The third kappa shape index (κ3) is 4.94. The third-order valence-electron chi connectivity index (χ3n) is 4.27. The summed E-state index contributed by atoms with van der Waals surface area (Å²) in [6, 6.07) is -2.69. The first-order valence-corrected chi connectivity index (χ1v) is 8.58. The van der Waals surface area contributed by atoms with Gasteiger partial charge in [0.1, 0.15) is 11.6 Å². The van der Waals surface area contributed by atoms with Crippen LogP contribution in [0.1, 0.15) is 53.4 Å². The maximum absolute atomic E-state index is 13.0. The average molecular weight is 370 g/mol. The van der Waals surface area contributed by atoms with Crippen LogP contribution in [0.15, 0.2) is 0 Å². The molecular formula is C16H26ClF2NO4. The van der Waals surface area contributed by atoms with Gasteiger partial charge in [0.15, 0.2) is 0 Å². The number of likely N-dealkylation sites (tertiary alicyclic amines) is 1. The Morgan fingerprint density at radius 1 is 1.33 bits per heavy atom. The van der Waals surface area contributed by atoms with E-state index in [1.54, 1.807) is 0 Å². The van der Waals surface area contributed by atoms with E-state index < -0.39 is 36.2 Å². The second-order valence-corrected chi connectivity index (χ2v) is 7.78. The van der Waals surface area contributed by atoms with E-state index in [0.717, 1.165) is 0 Å². The number of hydrogen-bond donors (Lipinski definition) is 1. The van der Waals surface area contributed by atoms with E-state index in [9.17, 15) is 23.5 Å². The highest BCUT2D eigenvalue weighted by Crippen LogP contribution is 2.36. The first-order chi connectivity index (χ1) is 11.0. The predicted molar refractivity (Wildman–Crippen MR) is 86.6 cm³/mol. The Kier molecular flexibility index (Phi) is 6.84. The molecule has 0 aromatic heterocycles. The maximum Gasteiger partial charge on any atom is 0.408 e. The Morgan fingerprint density at radius 2 is 1.92 bits per heavy atom. The minimum atomic E-state index is -2.84. The number of carbonyl (C=O) groups is 2. The molecule has 1 rings (SSSR count). The van der Waals surface area contributed by atoms with E-state index in [-0.39, 0.29) is 24.1 Å². The summed E-state index contributed by atoms with van der Waals surface area (Å²) in [4.78, 5) is 24.4. The van der Waals surface area contributed by atoms with Crippen molar-refractivity contribution in [3.63, 3.8) is 0 Å². The smallest absolute Gasteiger partial charge is 0.408 e. The maximum atomic E-state index is 13.0. The SMILES string of the molecule is CCC(CCl)(CC(C)(C)C)OC(=O)C1CCC(C(F)F)N1C(=O)O. The lowest BCUT2D eigenvalue weighted by molar-refractivity contribution is -0.166. The molecule has 0 radical (unpaired) electrons. The molecule has 24 heavy (non-hydrogen) atoms. The van der Waals surface area contributed by atoms with Crippen LogP contribution in [0, 0.1) is 5.41 Å². The van der Waals surface area contributed by atoms with Crippen LogP contribution in [0.25, 0.3) is 0 Å². The minimum absolute atomic E-state index is 0.0255. The molecule has 3 atom stereocenters. The number of amides is 1. The highest BCUT2D eigenvalue weighted by molar-refractivity contribution is 6.18. The zero-order valence-corrected chi connectivity index (χ0v) is 15.3. The average Bonchev–Trinajstić information content (AvgIpc) is 2.90. The van der Waals surface area contributed by atoms with E-state index in [0.29, 0.717) is 17.7 Å². The van der Waals surface area contributed by atoms with Crippen molar-refractivity contribution in [2.45, 2.75) is 77.5 Å². The first kappa shape index (κ1) is 20.9. The molecule has 0 saturated carbocycles. The molecule has 8 heteroatoms. The number of ether oxygens (including phenoxy) is 1. The van der Waals surface area contributed by atoms with Gasteiger partial charge in [-0.1, -0.05) is 27.7 Å². The number of hydrogen-bond acceptors (Lipinski definition) is 3. The van der Waals surface area contributed by atoms with Gasteiger partial charge in [-0.25, -0.2) is 18.4 Å². The molecule has 5 nitrogen and oxygen atoms in total. The molecule has 0 bridgehead atoms. The van der Waals surface area contributed by atoms with Gasteiger partial charge in [0.25, 0.3) is 6.43 Å². The van der Waals surface area contributed by atoms with Gasteiger partial charge in [-0.2, -0.15) is 0 Å². The summed E-state index contributed by atoms with van der Waals surface area (Å²) in [5, 5.41) is 9.21. The standard InChI is InChI=1S/C16H26ClF2NO4/c1-5-16(9-17,8-15(2,3)4)24-13(21)11-7-6-10(12(18)19)20(11)14(22)23/h10-12H,5-9H2,1-4H3,(H,22,23). The molecule has 1 aliphatic heterocycles. The van der Waals surface area contributed by atoms with E-state index in [1.807, 2.05) is 27.7 Å². The first-order valence-electron chi connectivity index (χ1n) is 8.04. The number of alkyl halides is 3. The quantitative estimate of drug-likeness (QED) is 0.564. The third-order valence-corrected chi connectivity index (χ3v) is 4.76. The van der Waals surface area contributed by atoms with Crippen LogP contribution in [0.3, 0.4) is 0 Å². The normalized spacial score (nSPS) is 24.1. The molecule has 1 amide bonds. The number of carboxylic acid groups (broad SMARTS) is 1. The molecule has 3 unspecified atom stereocenters. The molecule has 1 fully saturated rings. The molecule has 1 N–H and O–H groups in total. The zero-order valence-electron chi connectivity index (χ0n) is 14.5. The molecule has 0 aliphatic carbocycles. The topological polar surface area (TPSA) is 66.8 Å². The number of carbonyl (C=O) groups excluding carboxylic acids is 1. The van der Waals surface area contributed by atoms with Crippen LogP contribution >= 0.6 is 11.6 Å². The molecule has 1 aliphatic rings. The lowest BCUT2D eigenvalue weighted by Gasteiger charge is -2.37. The summed E-state index contributed by atoms with van der Waals surface area (Å²) in [6.45, 7) is 7.75. The fraction of sp³-hybridized carbons (Fsp3) is 0.875. The lowest BCUT2D eigenvalue weighted by atomic mass is 9.81. The van der Waals surface area contributed by atoms with Crippen LogP contribution in [-0.4, -0.2) is 52.1 Å². The van der Waals surface area contributed by atoms with E-state index >= 15 is 0 Å². The largest absolute Gasteiger partial charge is 0.465 e. The Balaban J connectivity index is 2.97. The monoisotopic (exact) mass is 369 g/mol. The van der Waals surface area contributed by atoms with Crippen molar-refractivity contribution in [2.75, 3.05) is 5.88 Å². The van der Waals surface area contributed by atoms with Gasteiger partial charge in [-0.3, -0.25) is 4.90 Å². The van der Waals surface area contributed by atoms with Gasteiger partial charge in [0.2, 0.25) is 0 Å². The summed E-state index contributed by atoms with van der Waals surface area (Å²) < 4.78 is 31.6. The van der Waals surface area contributed by atoms with Crippen molar-refractivity contribution in [2.24, 2.45) is 5.41 Å². The molecule has 140 valence electrons.